The Morgan fingerprint density at radius 2 is 1.77 bits per heavy atom. The van der Waals surface area contributed by atoms with Crippen LogP contribution in [0.4, 0.5) is 11.4 Å². The van der Waals surface area contributed by atoms with Gasteiger partial charge in [-0.2, -0.15) is 0 Å². The summed E-state index contributed by atoms with van der Waals surface area (Å²) in [6.45, 7) is 2.57. The van der Waals surface area contributed by atoms with Crippen LogP contribution in [0.2, 0.25) is 0 Å². The van der Waals surface area contributed by atoms with Crippen molar-refractivity contribution in [1.82, 2.24) is 10.2 Å². The summed E-state index contributed by atoms with van der Waals surface area (Å²) in [6.07, 6.45) is 0.856. The summed E-state index contributed by atoms with van der Waals surface area (Å²) in [4.78, 5) is 14.7. The van der Waals surface area contributed by atoms with Gasteiger partial charge in [0.1, 0.15) is 0 Å². The topological polar surface area (TPSA) is 105 Å². The largest absolute Gasteiger partial charge is 0.411 e. The number of anilines is 2. The lowest BCUT2D eigenvalue weighted by atomic mass is 10.2. The predicted octanol–water partition coefficient (Wildman–Crippen LogP) is 4.53. The Kier molecular flexibility index (Phi) is 6.31. The number of amides is 1. The fourth-order valence-corrected chi connectivity index (χ4v) is 5.49. The maximum Gasteiger partial charge on any atom is 0.277 e. The summed E-state index contributed by atoms with van der Waals surface area (Å²) in [5, 5.41) is 8.38. The minimum Gasteiger partial charge on any atom is -0.411 e. The van der Waals surface area contributed by atoms with Crippen LogP contribution < -0.4 is 9.62 Å². The van der Waals surface area contributed by atoms with Crippen LogP contribution in [-0.2, 0) is 21.2 Å². The standard InChI is InChI=1S/C25H22N4O4S2/c1-17-6-12-21(13-7-17)35(31,32)28-20-10-8-19(9-11-20)24-26-27-25(33-24)34-16-23(30)29-15-14-18-4-2-3-5-22(18)29/h2-13,28H,14-16H2,1H3. The van der Waals surface area contributed by atoms with Gasteiger partial charge in [0.25, 0.3) is 15.2 Å². The lowest BCUT2D eigenvalue weighted by molar-refractivity contribution is -0.116. The molecule has 35 heavy (non-hydrogen) atoms. The van der Waals surface area contributed by atoms with Gasteiger partial charge in [0.15, 0.2) is 0 Å². The molecule has 1 amide bonds. The van der Waals surface area contributed by atoms with Crippen molar-refractivity contribution in [2.24, 2.45) is 0 Å². The Morgan fingerprint density at radius 3 is 2.54 bits per heavy atom. The molecule has 0 saturated heterocycles. The third-order valence-corrected chi connectivity index (χ3v) is 7.83. The highest BCUT2D eigenvalue weighted by Gasteiger charge is 2.24. The Bertz CT molecular complexity index is 1470. The number of sulfonamides is 1. The number of aromatic nitrogens is 2. The molecule has 0 spiro atoms. The molecule has 0 fully saturated rings. The molecular formula is C25H22N4O4S2. The first kappa shape index (κ1) is 23.1. The van der Waals surface area contributed by atoms with Gasteiger partial charge in [0, 0.05) is 23.5 Å². The molecule has 0 radical (unpaired) electrons. The van der Waals surface area contributed by atoms with Crippen LogP contribution in [0.5, 0.6) is 0 Å². The summed E-state index contributed by atoms with van der Waals surface area (Å²) in [5.74, 6) is 0.472. The van der Waals surface area contributed by atoms with Crippen LogP contribution in [0.3, 0.4) is 0 Å². The zero-order chi connectivity index (χ0) is 24.4. The van der Waals surface area contributed by atoms with Crippen LogP contribution in [0.1, 0.15) is 11.1 Å². The maximum atomic E-state index is 12.7. The number of nitrogens with zero attached hydrogens (tertiary/aromatic N) is 3. The van der Waals surface area contributed by atoms with E-state index in [1.807, 2.05) is 31.2 Å². The highest BCUT2D eigenvalue weighted by molar-refractivity contribution is 7.99. The van der Waals surface area contributed by atoms with Crippen LogP contribution in [-0.4, -0.2) is 36.8 Å². The first-order valence-electron chi connectivity index (χ1n) is 10.9. The molecule has 10 heteroatoms. The number of para-hydroxylation sites is 1. The van der Waals surface area contributed by atoms with Crippen molar-refractivity contribution < 1.29 is 17.6 Å². The number of benzene rings is 3. The molecule has 0 saturated carbocycles. The van der Waals surface area contributed by atoms with E-state index < -0.39 is 10.0 Å². The number of aryl methyl sites for hydroxylation is 1. The average Bonchev–Trinajstić information content (AvgIpc) is 3.51. The molecule has 2 heterocycles. The lowest BCUT2D eigenvalue weighted by Crippen LogP contribution is -2.30. The molecule has 1 aliphatic heterocycles. The summed E-state index contributed by atoms with van der Waals surface area (Å²) < 4.78 is 33.4. The summed E-state index contributed by atoms with van der Waals surface area (Å²) in [5.41, 5.74) is 4.18. The molecule has 8 nitrogen and oxygen atoms in total. The quantitative estimate of drug-likeness (QED) is 0.367. The van der Waals surface area contributed by atoms with E-state index in [2.05, 4.69) is 14.9 Å². The molecular weight excluding hydrogens is 484 g/mol. The zero-order valence-corrected chi connectivity index (χ0v) is 20.5. The van der Waals surface area contributed by atoms with Crippen LogP contribution >= 0.6 is 11.8 Å². The van der Waals surface area contributed by atoms with E-state index in [1.54, 1.807) is 53.4 Å². The van der Waals surface area contributed by atoms with Crippen LogP contribution in [0, 0.1) is 6.92 Å². The van der Waals surface area contributed by atoms with Gasteiger partial charge >= 0.3 is 0 Å². The molecule has 5 rings (SSSR count). The summed E-state index contributed by atoms with van der Waals surface area (Å²) >= 11 is 1.19. The monoisotopic (exact) mass is 506 g/mol. The summed E-state index contributed by atoms with van der Waals surface area (Å²) in [7, 11) is -3.69. The first-order chi connectivity index (χ1) is 16.9. The molecule has 1 N–H and O–H groups in total. The number of carbonyl (C=O) groups is 1. The number of hydrogen-bond donors (Lipinski definition) is 1. The average molecular weight is 507 g/mol. The Hall–Kier alpha value is -3.63. The molecule has 0 aliphatic carbocycles. The van der Waals surface area contributed by atoms with Gasteiger partial charge in [-0.1, -0.05) is 47.7 Å². The van der Waals surface area contributed by atoms with E-state index in [1.165, 1.54) is 17.3 Å². The van der Waals surface area contributed by atoms with Crippen molar-refractivity contribution in [2.75, 3.05) is 21.9 Å². The minimum absolute atomic E-state index is 0.00934. The highest BCUT2D eigenvalue weighted by atomic mass is 32.2. The smallest absolute Gasteiger partial charge is 0.277 e. The Balaban J connectivity index is 1.20. The van der Waals surface area contributed by atoms with E-state index in [9.17, 15) is 13.2 Å². The van der Waals surface area contributed by atoms with Crippen LogP contribution in [0.25, 0.3) is 11.5 Å². The fraction of sp³-hybridized carbons (Fsp3) is 0.160. The second kappa shape index (κ2) is 9.55. The molecule has 0 unspecified atom stereocenters. The molecule has 3 aromatic carbocycles. The van der Waals surface area contributed by atoms with Crippen molar-refractivity contribution in [3.8, 4) is 11.5 Å². The predicted molar refractivity (Wildman–Crippen MR) is 135 cm³/mol. The van der Waals surface area contributed by atoms with Gasteiger partial charge in [-0.15, -0.1) is 10.2 Å². The van der Waals surface area contributed by atoms with E-state index in [4.69, 9.17) is 4.42 Å². The van der Waals surface area contributed by atoms with Gasteiger partial charge in [-0.3, -0.25) is 9.52 Å². The lowest BCUT2D eigenvalue weighted by Gasteiger charge is -2.16. The second-order valence-corrected chi connectivity index (χ2v) is 10.7. The zero-order valence-electron chi connectivity index (χ0n) is 18.8. The third-order valence-electron chi connectivity index (χ3n) is 5.63. The van der Waals surface area contributed by atoms with Crippen molar-refractivity contribution >= 4 is 39.1 Å². The third kappa shape index (κ3) is 5.08. The second-order valence-electron chi connectivity index (χ2n) is 8.08. The molecule has 1 aliphatic rings. The van der Waals surface area contributed by atoms with Gasteiger partial charge in [-0.25, -0.2) is 8.42 Å². The number of rotatable bonds is 7. The SMILES string of the molecule is Cc1ccc(S(=O)(=O)Nc2ccc(-c3nnc(SCC(=O)N4CCc5ccccc54)o3)cc2)cc1. The summed E-state index contributed by atoms with van der Waals surface area (Å²) in [6, 6.07) is 21.2. The molecule has 1 aromatic heterocycles. The van der Waals surface area contributed by atoms with E-state index in [0.717, 1.165) is 17.7 Å². The molecule has 0 atom stereocenters. The van der Waals surface area contributed by atoms with Crippen molar-refractivity contribution in [1.29, 1.82) is 0 Å². The minimum atomic E-state index is -3.69. The van der Waals surface area contributed by atoms with Gasteiger partial charge in [-0.05, 0) is 61.4 Å². The number of fused-ring (bicyclic) bond motifs is 1. The first-order valence-corrected chi connectivity index (χ1v) is 13.4. The van der Waals surface area contributed by atoms with Gasteiger partial charge in [0.05, 0.1) is 10.6 Å². The fourth-order valence-electron chi connectivity index (χ4n) is 3.80. The normalized spacial score (nSPS) is 13.0. The van der Waals surface area contributed by atoms with Gasteiger partial charge in [0.2, 0.25) is 11.8 Å². The molecule has 0 bridgehead atoms. The van der Waals surface area contributed by atoms with Crippen LogP contribution in [0.15, 0.2) is 87.3 Å². The number of nitrogens with one attached hydrogen (secondary N) is 1. The van der Waals surface area contributed by atoms with Crippen molar-refractivity contribution in [3.05, 3.63) is 83.9 Å². The number of thioether (sulfide) groups is 1. The van der Waals surface area contributed by atoms with Crippen molar-refractivity contribution in [3.63, 3.8) is 0 Å². The maximum absolute atomic E-state index is 12.7. The Morgan fingerprint density at radius 1 is 1.03 bits per heavy atom. The Labute approximate surface area is 207 Å². The number of carbonyl (C=O) groups excluding carboxylic acids is 1. The van der Waals surface area contributed by atoms with Crippen molar-refractivity contribution in [2.45, 2.75) is 23.5 Å². The highest BCUT2D eigenvalue weighted by Crippen LogP contribution is 2.30. The molecule has 178 valence electrons. The number of hydrogen-bond acceptors (Lipinski definition) is 7. The van der Waals surface area contributed by atoms with E-state index in [0.29, 0.717) is 28.9 Å². The van der Waals surface area contributed by atoms with E-state index in [-0.39, 0.29) is 16.6 Å². The van der Waals surface area contributed by atoms with Gasteiger partial charge < -0.3 is 9.32 Å². The van der Waals surface area contributed by atoms with E-state index >= 15 is 0 Å². The molecule has 4 aromatic rings.